The van der Waals surface area contributed by atoms with E-state index >= 15 is 4.39 Å². The van der Waals surface area contributed by atoms with Gasteiger partial charge < -0.3 is 19.3 Å². The van der Waals surface area contributed by atoms with Crippen LogP contribution < -0.4 is 9.64 Å². The molecule has 6 heterocycles. The molecule has 288 valence electrons. The Kier molecular flexibility index (Phi) is 10.6. The molecule has 2 aromatic heterocycles. The van der Waals surface area contributed by atoms with Gasteiger partial charge in [0.2, 0.25) is 5.91 Å². The molecular weight excluding hydrogens is 726 g/mol. The van der Waals surface area contributed by atoms with Gasteiger partial charge in [0.1, 0.15) is 29.8 Å². The number of fused-ring (bicyclic) bond motifs is 3. The molecule has 0 saturated carbocycles. The molecule has 4 aromatic rings. The first-order chi connectivity index (χ1) is 26.6. The molecule has 0 bridgehead atoms. The standard InChI is InChI=1S/C41H45ClF2N8O3/c1-26-21-49(22-27(2)55-26)15-5-11-34(53)52-18-17-50(24-30(52)12-14-45)39-32-20-46-37(31-9-3-7-28-8-4-10-33(42)35(28)31)36(44)38(32)47-40(48-39)54-25-41-13-6-16-51(41)23-29(43)19-41/h3-5,7-11,20,26-27,29-30H,6,12-13,15-19,21-25H2,1-2H3/b11-5+/t26-,27+,29-,30+,41+/m1/s1. The number of amides is 1. The van der Waals surface area contributed by atoms with E-state index in [9.17, 15) is 14.4 Å². The number of carbonyl (C=O) groups is 1. The van der Waals surface area contributed by atoms with Gasteiger partial charge in [0.25, 0.3) is 0 Å². The lowest BCUT2D eigenvalue weighted by molar-refractivity contribution is -0.128. The summed E-state index contributed by atoms with van der Waals surface area (Å²) in [7, 11) is 0. The molecule has 14 heteroatoms. The minimum Gasteiger partial charge on any atom is -0.461 e. The van der Waals surface area contributed by atoms with Crippen molar-refractivity contribution in [1.82, 2.24) is 29.7 Å². The molecule has 4 saturated heterocycles. The number of rotatable bonds is 9. The van der Waals surface area contributed by atoms with Gasteiger partial charge in [0.15, 0.2) is 5.82 Å². The van der Waals surface area contributed by atoms with Gasteiger partial charge in [-0.05, 0) is 44.7 Å². The number of aromatic nitrogens is 3. The number of morpholine rings is 1. The predicted octanol–water partition coefficient (Wildman–Crippen LogP) is 6.19. The summed E-state index contributed by atoms with van der Waals surface area (Å²) in [6.45, 7) is 8.61. The summed E-state index contributed by atoms with van der Waals surface area (Å²) in [5.41, 5.74) is 0.172. The Morgan fingerprint density at radius 1 is 1.11 bits per heavy atom. The summed E-state index contributed by atoms with van der Waals surface area (Å²) < 4.78 is 43.7. The summed E-state index contributed by atoms with van der Waals surface area (Å²) in [4.78, 5) is 35.7. The van der Waals surface area contributed by atoms with Crippen LogP contribution in [0.25, 0.3) is 32.9 Å². The van der Waals surface area contributed by atoms with Crippen molar-refractivity contribution in [1.29, 1.82) is 5.26 Å². The molecule has 0 unspecified atom stereocenters. The number of nitriles is 1. The molecule has 55 heavy (non-hydrogen) atoms. The van der Waals surface area contributed by atoms with Gasteiger partial charge in [0.05, 0.1) is 41.7 Å². The number of piperazine rings is 1. The second-order valence-corrected chi connectivity index (χ2v) is 15.8. The minimum atomic E-state index is -0.937. The van der Waals surface area contributed by atoms with Crippen molar-refractivity contribution in [2.75, 3.05) is 63.9 Å². The fraction of sp³-hybridized carbons (Fsp3) is 0.488. The fourth-order valence-electron chi connectivity index (χ4n) is 9.10. The molecule has 4 aliphatic rings. The third kappa shape index (κ3) is 7.45. The van der Waals surface area contributed by atoms with Crippen LogP contribution in [-0.2, 0) is 9.53 Å². The maximum atomic E-state index is 17.0. The third-order valence-electron chi connectivity index (χ3n) is 11.5. The Bertz CT molecular complexity index is 2150. The first kappa shape index (κ1) is 37.4. The SMILES string of the molecule is C[C@@H]1CN(C/C=C/C(=O)N2CCN(c3nc(OC[C@@]45CCCN4C[C@H](F)C5)nc4c(F)c(-c5cccc6cccc(Cl)c56)ncc34)C[C@@H]2CC#N)C[C@H](C)O1. The third-order valence-corrected chi connectivity index (χ3v) is 11.8. The molecule has 4 aliphatic heterocycles. The lowest BCUT2D eigenvalue weighted by Gasteiger charge is -2.41. The zero-order valence-electron chi connectivity index (χ0n) is 31.1. The zero-order chi connectivity index (χ0) is 38.3. The molecule has 0 radical (unpaired) electrons. The lowest BCUT2D eigenvalue weighted by atomic mass is 9.95. The smallest absolute Gasteiger partial charge is 0.319 e. The fourth-order valence-corrected chi connectivity index (χ4v) is 9.39. The number of ether oxygens (including phenoxy) is 2. The summed E-state index contributed by atoms with van der Waals surface area (Å²) in [5.74, 6) is -0.425. The van der Waals surface area contributed by atoms with Crippen LogP contribution in [0, 0.1) is 17.1 Å². The number of nitrogens with zero attached hydrogens (tertiary/aromatic N) is 8. The van der Waals surface area contributed by atoms with Gasteiger partial charge in [-0.1, -0.05) is 48.0 Å². The van der Waals surface area contributed by atoms with E-state index in [1.165, 1.54) is 0 Å². The van der Waals surface area contributed by atoms with Crippen molar-refractivity contribution in [3.8, 4) is 23.3 Å². The van der Waals surface area contributed by atoms with E-state index < -0.39 is 23.6 Å². The molecule has 8 rings (SSSR count). The summed E-state index contributed by atoms with van der Waals surface area (Å²) in [6, 6.07) is 12.8. The minimum absolute atomic E-state index is 0.0228. The van der Waals surface area contributed by atoms with Gasteiger partial charge in [-0.25, -0.2) is 8.78 Å². The number of carbonyl (C=O) groups excluding carboxylic acids is 1. The van der Waals surface area contributed by atoms with Crippen LogP contribution in [0.2, 0.25) is 5.02 Å². The monoisotopic (exact) mass is 770 g/mol. The molecule has 1 amide bonds. The average molecular weight is 771 g/mol. The van der Waals surface area contributed by atoms with Crippen LogP contribution in [0.1, 0.15) is 39.5 Å². The molecule has 0 aliphatic carbocycles. The van der Waals surface area contributed by atoms with E-state index in [1.54, 1.807) is 29.3 Å². The van der Waals surface area contributed by atoms with E-state index in [1.807, 2.05) is 49.1 Å². The van der Waals surface area contributed by atoms with E-state index in [0.29, 0.717) is 59.8 Å². The normalized spacial score (nSPS) is 26.3. The van der Waals surface area contributed by atoms with E-state index in [4.69, 9.17) is 26.1 Å². The van der Waals surface area contributed by atoms with Crippen LogP contribution >= 0.6 is 11.6 Å². The highest BCUT2D eigenvalue weighted by atomic mass is 35.5. The Morgan fingerprint density at radius 3 is 2.71 bits per heavy atom. The van der Waals surface area contributed by atoms with Crippen LogP contribution in [0.15, 0.2) is 54.7 Å². The van der Waals surface area contributed by atoms with E-state index in [2.05, 4.69) is 25.8 Å². The van der Waals surface area contributed by atoms with Crippen LogP contribution in [0.3, 0.4) is 0 Å². The van der Waals surface area contributed by atoms with Crippen molar-refractivity contribution in [3.63, 3.8) is 0 Å². The average Bonchev–Trinajstić information content (AvgIpc) is 3.69. The number of alkyl halides is 1. The zero-order valence-corrected chi connectivity index (χ0v) is 31.9. The molecule has 2 aromatic carbocycles. The molecule has 4 fully saturated rings. The van der Waals surface area contributed by atoms with Crippen LogP contribution in [-0.4, -0.2) is 124 Å². The second-order valence-electron chi connectivity index (χ2n) is 15.4. The molecule has 0 N–H and O–H groups in total. The van der Waals surface area contributed by atoms with Crippen molar-refractivity contribution in [2.24, 2.45) is 0 Å². The quantitative estimate of drug-likeness (QED) is 0.183. The molecule has 0 spiro atoms. The van der Waals surface area contributed by atoms with Crippen LogP contribution in [0.4, 0.5) is 14.6 Å². The van der Waals surface area contributed by atoms with Crippen molar-refractivity contribution in [3.05, 3.63) is 65.6 Å². The van der Waals surface area contributed by atoms with Crippen molar-refractivity contribution < 1.29 is 23.0 Å². The predicted molar refractivity (Wildman–Crippen MR) is 207 cm³/mol. The lowest BCUT2D eigenvalue weighted by Crippen LogP contribution is -2.55. The van der Waals surface area contributed by atoms with Gasteiger partial charge in [0, 0.05) is 80.5 Å². The Balaban J connectivity index is 1.11. The van der Waals surface area contributed by atoms with Gasteiger partial charge in [-0.3, -0.25) is 19.6 Å². The number of anilines is 1. The highest BCUT2D eigenvalue weighted by Crippen LogP contribution is 2.41. The number of halogens is 3. The summed E-state index contributed by atoms with van der Waals surface area (Å²) in [6.07, 6.45) is 6.55. The first-order valence-corrected chi connectivity index (χ1v) is 19.5. The number of hydrogen-bond acceptors (Lipinski definition) is 10. The number of pyridine rings is 1. The Morgan fingerprint density at radius 2 is 1.91 bits per heavy atom. The maximum Gasteiger partial charge on any atom is 0.319 e. The number of benzene rings is 2. The molecular formula is C41H45ClF2N8O3. The van der Waals surface area contributed by atoms with Gasteiger partial charge in [-0.15, -0.1) is 0 Å². The Labute approximate surface area is 324 Å². The van der Waals surface area contributed by atoms with Gasteiger partial charge in [-0.2, -0.15) is 15.2 Å². The largest absolute Gasteiger partial charge is 0.461 e. The van der Waals surface area contributed by atoms with Crippen molar-refractivity contribution in [2.45, 2.75) is 69.5 Å². The highest BCUT2D eigenvalue weighted by molar-refractivity contribution is 6.36. The van der Waals surface area contributed by atoms with Gasteiger partial charge >= 0.3 is 6.01 Å². The molecule has 5 atom stereocenters. The Hall–Kier alpha value is -4.48. The highest BCUT2D eigenvalue weighted by Gasteiger charge is 2.49. The first-order valence-electron chi connectivity index (χ1n) is 19.1. The molecule has 11 nitrogen and oxygen atoms in total. The second kappa shape index (κ2) is 15.6. The summed E-state index contributed by atoms with van der Waals surface area (Å²) >= 11 is 6.64. The summed E-state index contributed by atoms with van der Waals surface area (Å²) in [5, 5.41) is 12.2. The maximum absolute atomic E-state index is 17.0. The van der Waals surface area contributed by atoms with Crippen molar-refractivity contribution >= 4 is 45.0 Å². The van der Waals surface area contributed by atoms with E-state index in [0.717, 1.165) is 37.9 Å². The van der Waals surface area contributed by atoms with E-state index in [-0.39, 0.29) is 54.9 Å². The topological polar surface area (TPSA) is 111 Å². The number of hydrogen-bond donors (Lipinski definition) is 0. The van der Waals surface area contributed by atoms with Crippen LogP contribution in [0.5, 0.6) is 6.01 Å².